The smallest absolute Gasteiger partial charge is 0.335 e. The first kappa shape index (κ1) is 28.8. The normalized spacial score (nSPS) is 14.1. The maximum atomic E-state index is 13.2. The molecule has 1 heterocycles. The highest BCUT2D eigenvalue weighted by atomic mass is 35.5. The molecule has 41 heavy (non-hydrogen) atoms. The van der Waals surface area contributed by atoms with Crippen molar-refractivity contribution in [1.29, 1.82) is 0 Å². The molecule has 1 aliphatic rings. The second kappa shape index (κ2) is 11.9. The van der Waals surface area contributed by atoms with Crippen LogP contribution in [0.15, 0.2) is 60.2 Å². The summed E-state index contributed by atoms with van der Waals surface area (Å²) >= 11 is 6.41. The van der Waals surface area contributed by atoms with E-state index in [0.29, 0.717) is 10.6 Å². The lowest BCUT2D eigenvalue weighted by Crippen LogP contribution is -2.54. The van der Waals surface area contributed by atoms with Gasteiger partial charge < -0.3 is 14.8 Å². The number of barbiturate groups is 1. The number of nitro groups is 1. The number of aryl methyl sites for hydroxylation is 2. The predicted molar refractivity (Wildman–Crippen MR) is 150 cm³/mol. The second-order valence-corrected chi connectivity index (χ2v) is 9.33. The molecule has 0 aromatic heterocycles. The molecule has 4 rings (SSSR count). The Labute approximate surface area is 238 Å². The summed E-state index contributed by atoms with van der Waals surface area (Å²) in [5, 5.41) is 16.0. The first-order chi connectivity index (χ1) is 19.5. The zero-order valence-electron chi connectivity index (χ0n) is 22.0. The molecule has 0 saturated carbocycles. The number of benzene rings is 3. The predicted octanol–water partition coefficient (Wildman–Crippen LogP) is 4.56. The van der Waals surface area contributed by atoms with Crippen molar-refractivity contribution in [3.05, 3.63) is 92.0 Å². The van der Waals surface area contributed by atoms with Crippen LogP contribution in [0.5, 0.6) is 11.5 Å². The quantitative estimate of drug-likeness (QED) is 0.170. The number of anilines is 2. The number of amides is 5. The largest absolute Gasteiger partial charge is 0.493 e. The van der Waals surface area contributed by atoms with Crippen LogP contribution in [0.3, 0.4) is 0 Å². The highest BCUT2D eigenvalue weighted by molar-refractivity contribution is 6.39. The average molecular weight is 579 g/mol. The average Bonchev–Trinajstić information content (AvgIpc) is 2.92. The van der Waals surface area contributed by atoms with Gasteiger partial charge in [0.1, 0.15) is 5.57 Å². The molecular weight excluding hydrogens is 556 g/mol. The molecule has 3 aromatic rings. The number of rotatable bonds is 8. The lowest BCUT2D eigenvalue weighted by atomic mass is 10.1. The van der Waals surface area contributed by atoms with Crippen LogP contribution in [-0.2, 0) is 14.4 Å². The zero-order valence-corrected chi connectivity index (χ0v) is 22.8. The molecule has 5 amide bonds. The molecule has 0 spiro atoms. The van der Waals surface area contributed by atoms with E-state index in [0.717, 1.165) is 17.2 Å². The molecular formula is C28H23ClN4O8. The fourth-order valence-corrected chi connectivity index (χ4v) is 4.24. The SMILES string of the molecule is COc1cc(/C=C2/C(=O)NC(=O)N(c3cccc([N+](=O)[O-])c3)C2=O)cc(Cl)c1OCC(=O)Nc1cc(C)ccc1C. The third-order valence-electron chi connectivity index (χ3n) is 5.98. The molecule has 0 unspecified atom stereocenters. The van der Waals surface area contributed by atoms with Crippen molar-refractivity contribution >= 4 is 58.5 Å². The van der Waals surface area contributed by atoms with Gasteiger partial charge in [-0.1, -0.05) is 29.8 Å². The van der Waals surface area contributed by atoms with Gasteiger partial charge in [-0.3, -0.25) is 29.8 Å². The minimum atomic E-state index is -1.06. The van der Waals surface area contributed by atoms with Gasteiger partial charge in [0, 0.05) is 17.8 Å². The minimum Gasteiger partial charge on any atom is -0.493 e. The van der Waals surface area contributed by atoms with Crippen molar-refractivity contribution < 1.29 is 33.6 Å². The summed E-state index contributed by atoms with van der Waals surface area (Å²) in [5.41, 5.74) is 1.86. The van der Waals surface area contributed by atoms with Gasteiger partial charge >= 0.3 is 6.03 Å². The van der Waals surface area contributed by atoms with Crippen LogP contribution in [0.25, 0.3) is 6.08 Å². The molecule has 13 heteroatoms. The molecule has 3 aromatic carbocycles. The highest BCUT2D eigenvalue weighted by Gasteiger charge is 2.37. The Kier molecular flexibility index (Phi) is 8.34. The summed E-state index contributed by atoms with van der Waals surface area (Å²) in [6.45, 7) is 3.38. The Hall–Kier alpha value is -5.23. The lowest BCUT2D eigenvalue weighted by Gasteiger charge is -2.26. The molecule has 210 valence electrons. The van der Waals surface area contributed by atoms with Crippen molar-refractivity contribution in [2.75, 3.05) is 23.9 Å². The topological polar surface area (TPSA) is 157 Å². The summed E-state index contributed by atoms with van der Waals surface area (Å²) in [6.07, 6.45) is 1.18. The molecule has 0 aliphatic carbocycles. The van der Waals surface area contributed by atoms with Crippen molar-refractivity contribution in [1.82, 2.24) is 5.32 Å². The molecule has 0 radical (unpaired) electrons. The van der Waals surface area contributed by atoms with Crippen molar-refractivity contribution in [3.8, 4) is 11.5 Å². The van der Waals surface area contributed by atoms with Gasteiger partial charge in [-0.25, -0.2) is 9.69 Å². The standard InChI is InChI=1S/C28H23ClN4O8/c1-15-7-8-16(2)22(9-15)30-24(34)14-41-25-21(29)11-17(12-23(25)40-3)10-20-26(35)31-28(37)32(27(20)36)18-5-4-6-19(13-18)33(38)39/h4-13H,14H2,1-3H3,(H,30,34)(H,31,35,37)/b20-10-. The molecule has 12 nitrogen and oxygen atoms in total. The minimum absolute atomic E-state index is 0.0195. The Balaban J connectivity index is 1.57. The number of ether oxygens (including phenoxy) is 2. The van der Waals surface area contributed by atoms with Gasteiger partial charge in [0.05, 0.1) is 22.7 Å². The molecule has 1 fully saturated rings. The number of imide groups is 2. The monoisotopic (exact) mass is 578 g/mol. The number of nitro benzene ring substituents is 1. The van der Waals surface area contributed by atoms with Crippen LogP contribution in [0, 0.1) is 24.0 Å². The van der Waals surface area contributed by atoms with E-state index >= 15 is 0 Å². The third kappa shape index (κ3) is 6.34. The van der Waals surface area contributed by atoms with E-state index in [1.54, 1.807) is 0 Å². The van der Waals surface area contributed by atoms with Gasteiger partial charge in [0.25, 0.3) is 23.4 Å². The Morgan fingerprint density at radius 2 is 1.88 bits per heavy atom. The van der Waals surface area contributed by atoms with Crippen LogP contribution in [0.1, 0.15) is 16.7 Å². The van der Waals surface area contributed by atoms with E-state index < -0.39 is 34.2 Å². The summed E-state index contributed by atoms with van der Waals surface area (Å²) in [7, 11) is 1.34. The Bertz CT molecular complexity index is 1640. The summed E-state index contributed by atoms with van der Waals surface area (Å²) in [5.74, 6) is -2.24. The van der Waals surface area contributed by atoms with Gasteiger partial charge in [0.15, 0.2) is 18.1 Å². The van der Waals surface area contributed by atoms with Crippen LogP contribution in [-0.4, -0.2) is 42.4 Å². The number of carbonyl (C=O) groups is 4. The number of non-ortho nitro benzene ring substituents is 1. The first-order valence-corrected chi connectivity index (χ1v) is 12.4. The molecule has 0 bridgehead atoms. The number of nitrogens with one attached hydrogen (secondary N) is 2. The number of hydrogen-bond donors (Lipinski definition) is 2. The van der Waals surface area contributed by atoms with Crippen LogP contribution in [0.2, 0.25) is 5.02 Å². The van der Waals surface area contributed by atoms with Crippen molar-refractivity contribution in [2.45, 2.75) is 13.8 Å². The fraction of sp³-hybridized carbons (Fsp3) is 0.143. The Morgan fingerprint density at radius 1 is 1.12 bits per heavy atom. The molecule has 1 saturated heterocycles. The van der Waals surface area contributed by atoms with Crippen LogP contribution in [0.4, 0.5) is 21.9 Å². The van der Waals surface area contributed by atoms with E-state index in [1.807, 2.05) is 37.4 Å². The Morgan fingerprint density at radius 3 is 2.59 bits per heavy atom. The zero-order chi connectivity index (χ0) is 29.8. The van der Waals surface area contributed by atoms with Crippen molar-refractivity contribution in [2.24, 2.45) is 0 Å². The number of carbonyl (C=O) groups excluding carboxylic acids is 4. The van der Waals surface area contributed by atoms with E-state index in [2.05, 4.69) is 5.32 Å². The van der Waals surface area contributed by atoms with Crippen molar-refractivity contribution in [3.63, 3.8) is 0 Å². The summed E-state index contributed by atoms with van der Waals surface area (Å²) < 4.78 is 11.0. The maximum Gasteiger partial charge on any atom is 0.335 e. The number of urea groups is 1. The van der Waals surface area contributed by atoms with Gasteiger partial charge in [-0.05, 0) is 60.9 Å². The molecule has 0 atom stereocenters. The summed E-state index contributed by atoms with van der Waals surface area (Å²) in [4.78, 5) is 61.8. The van der Waals surface area contributed by atoms with Gasteiger partial charge in [-0.15, -0.1) is 0 Å². The van der Waals surface area contributed by atoms with E-state index in [-0.39, 0.29) is 40.1 Å². The highest BCUT2D eigenvalue weighted by Crippen LogP contribution is 2.37. The second-order valence-electron chi connectivity index (χ2n) is 8.92. The molecule has 1 aliphatic heterocycles. The fourth-order valence-electron chi connectivity index (χ4n) is 3.96. The number of halogens is 1. The molecule has 2 N–H and O–H groups in total. The first-order valence-electron chi connectivity index (χ1n) is 12.0. The van der Waals surface area contributed by atoms with E-state index in [9.17, 15) is 29.3 Å². The number of hydrogen-bond acceptors (Lipinski definition) is 8. The van der Waals surface area contributed by atoms with Crippen LogP contribution >= 0.6 is 11.6 Å². The summed E-state index contributed by atoms with van der Waals surface area (Å²) in [6, 6.07) is 12.2. The number of nitrogens with zero attached hydrogens (tertiary/aromatic N) is 2. The van der Waals surface area contributed by atoms with E-state index in [1.165, 1.54) is 43.5 Å². The maximum absolute atomic E-state index is 13.2. The van der Waals surface area contributed by atoms with Crippen LogP contribution < -0.4 is 25.0 Å². The van der Waals surface area contributed by atoms with Gasteiger partial charge in [0.2, 0.25) is 0 Å². The van der Waals surface area contributed by atoms with E-state index in [4.69, 9.17) is 21.1 Å². The van der Waals surface area contributed by atoms with Gasteiger partial charge in [-0.2, -0.15) is 0 Å². The lowest BCUT2D eigenvalue weighted by molar-refractivity contribution is -0.384. The third-order valence-corrected chi connectivity index (χ3v) is 6.26. The number of methoxy groups -OCH3 is 1.